The molecule has 1 aliphatic rings. The standard InChI is InChI=1S/C16H22FN3O/c17-15-9-5-4-8-14(15)12-18-19-16(21)13-20-10-6-2-1-3-7-11-20/h4-5,8-9,12H,1-3,6-7,10-11,13H2,(H,19,21)/p+1/b18-12-. The van der Waals surface area contributed by atoms with Crippen molar-refractivity contribution in [1.29, 1.82) is 0 Å². The van der Waals surface area contributed by atoms with Crippen molar-refractivity contribution in [3.05, 3.63) is 35.6 Å². The molecule has 2 N–H and O–H groups in total. The van der Waals surface area contributed by atoms with E-state index in [0.717, 1.165) is 13.1 Å². The zero-order chi connectivity index (χ0) is 14.9. The van der Waals surface area contributed by atoms with Crippen molar-refractivity contribution in [1.82, 2.24) is 5.43 Å². The number of carbonyl (C=O) groups is 1. The van der Waals surface area contributed by atoms with Crippen molar-refractivity contribution < 1.29 is 14.1 Å². The lowest BCUT2D eigenvalue weighted by Gasteiger charge is -2.20. The number of hydrogen-bond donors (Lipinski definition) is 2. The fraction of sp³-hybridized carbons (Fsp3) is 0.500. The number of hydrogen-bond acceptors (Lipinski definition) is 2. The number of carbonyl (C=O) groups excluding carboxylic acids is 1. The average Bonchev–Trinajstić information content (AvgIpc) is 2.44. The Balaban J connectivity index is 1.77. The summed E-state index contributed by atoms with van der Waals surface area (Å²) in [5, 5.41) is 3.83. The molecule has 0 saturated carbocycles. The first-order chi connectivity index (χ1) is 10.3. The number of amides is 1. The first-order valence-electron chi connectivity index (χ1n) is 7.66. The van der Waals surface area contributed by atoms with Gasteiger partial charge in [0.05, 0.1) is 19.3 Å². The van der Waals surface area contributed by atoms with Crippen LogP contribution in [-0.4, -0.2) is 31.8 Å². The highest BCUT2D eigenvalue weighted by Gasteiger charge is 2.14. The van der Waals surface area contributed by atoms with E-state index < -0.39 is 0 Å². The highest BCUT2D eigenvalue weighted by molar-refractivity contribution is 5.82. The van der Waals surface area contributed by atoms with Crippen molar-refractivity contribution in [3.63, 3.8) is 0 Å². The molecule has 0 aromatic heterocycles. The summed E-state index contributed by atoms with van der Waals surface area (Å²) in [5.41, 5.74) is 2.86. The monoisotopic (exact) mass is 292 g/mol. The van der Waals surface area contributed by atoms with Gasteiger partial charge in [0.15, 0.2) is 6.54 Å². The molecule has 0 unspecified atom stereocenters. The maximum Gasteiger partial charge on any atom is 0.295 e. The first-order valence-corrected chi connectivity index (χ1v) is 7.66. The minimum atomic E-state index is -0.343. The van der Waals surface area contributed by atoms with Gasteiger partial charge in [-0.05, 0) is 31.7 Å². The van der Waals surface area contributed by atoms with E-state index in [1.165, 1.54) is 49.3 Å². The molecule has 1 aromatic rings. The summed E-state index contributed by atoms with van der Waals surface area (Å²) < 4.78 is 13.4. The Morgan fingerprint density at radius 1 is 1.19 bits per heavy atom. The van der Waals surface area contributed by atoms with Crippen LogP contribution in [0.2, 0.25) is 0 Å². The molecule has 4 nitrogen and oxygen atoms in total. The quantitative estimate of drug-likeness (QED) is 0.634. The van der Waals surface area contributed by atoms with Crippen LogP contribution in [0, 0.1) is 5.82 Å². The molecule has 1 amide bonds. The Hall–Kier alpha value is -1.75. The second kappa shape index (κ2) is 8.52. The average molecular weight is 292 g/mol. The van der Waals surface area contributed by atoms with Gasteiger partial charge in [-0.15, -0.1) is 0 Å². The maximum absolute atomic E-state index is 13.4. The van der Waals surface area contributed by atoms with E-state index in [-0.39, 0.29) is 11.7 Å². The smallest absolute Gasteiger partial charge is 0.295 e. The number of hydrazone groups is 1. The van der Waals surface area contributed by atoms with E-state index in [9.17, 15) is 9.18 Å². The second-order valence-electron chi connectivity index (χ2n) is 5.51. The molecule has 0 radical (unpaired) electrons. The number of nitrogens with zero attached hydrogens (tertiary/aromatic N) is 1. The van der Waals surface area contributed by atoms with Gasteiger partial charge in [0.25, 0.3) is 5.91 Å². The summed E-state index contributed by atoms with van der Waals surface area (Å²) in [4.78, 5) is 13.2. The normalized spacial score (nSPS) is 17.4. The van der Waals surface area contributed by atoms with Crippen LogP contribution in [0.3, 0.4) is 0 Å². The van der Waals surface area contributed by atoms with Crippen LogP contribution >= 0.6 is 0 Å². The fourth-order valence-corrected chi connectivity index (χ4v) is 2.60. The van der Waals surface area contributed by atoms with Crippen molar-refractivity contribution in [2.75, 3.05) is 19.6 Å². The van der Waals surface area contributed by atoms with Gasteiger partial charge < -0.3 is 4.90 Å². The predicted molar refractivity (Wildman–Crippen MR) is 80.8 cm³/mol. The Morgan fingerprint density at radius 2 is 1.86 bits per heavy atom. The van der Waals surface area contributed by atoms with Crippen LogP contribution in [0.1, 0.15) is 37.7 Å². The van der Waals surface area contributed by atoms with Crippen molar-refractivity contribution in [3.8, 4) is 0 Å². The lowest BCUT2D eigenvalue weighted by atomic mass is 10.1. The molecule has 114 valence electrons. The fourth-order valence-electron chi connectivity index (χ4n) is 2.60. The summed E-state index contributed by atoms with van der Waals surface area (Å²) >= 11 is 0. The van der Waals surface area contributed by atoms with Gasteiger partial charge in [0, 0.05) is 5.56 Å². The number of quaternary nitrogens is 1. The number of halogens is 1. The summed E-state index contributed by atoms with van der Waals surface area (Å²) in [6.07, 6.45) is 7.54. The van der Waals surface area contributed by atoms with Gasteiger partial charge in [0.1, 0.15) is 5.82 Å². The van der Waals surface area contributed by atoms with Crippen LogP contribution in [-0.2, 0) is 4.79 Å². The van der Waals surface area contributed by atoms with Gasteiger partial charge in [-0.1, -0.05) is 24.6 Å². The van der Waals surface area contributed by atoms with E-state index in [2.05, 4.69) is 10.5 Å². The molecule has 21 heavy (non-hydrogen) atoms. The predicted octanol–water partition coefficient (Wildman–Crippen LogP) is 1.12. The molecule has 0 bridgehead atoms. The number of nitrogens with one attached hydrogen (secondary N) is 2. The molecule has 5 heteroatoms. The van der Waals surface area contributed by atoms with E-state index in [1.54, 1.807) is 18.2 Å². The van der Waals surface area contributed by atoms with Gasteiger partial charge in [0.2, 0.25) is 0 Å². The minimum Gasteiger partial charge on any atom is -0.327 e. The summed E-state index contributed by atoms with van der Waals surface area (Å²) in [6.45, 7) is 2.53. The van der Waals surface area contributed by atoms with E-state index in [0.29, 0.717) is 12.1 Å². The highest BCUT2D eigenvalue weighted by Crippen LogP contribution is 2.03. The van der Waals surface area contributed by atoms with Crippen molar-refractivity contribution >= 4 is 12.1 Å². The molecule has 2 rings (SSSR count). The van der Waals surface area contributed by atoms with Crippen LogP contribution in [0.25, 0.3) is 0 Å². The van der Waals surface area contributed by atoms with E-state index in [1.807, 2.05) is 0 Å². The van der Waals surface area contributed by atoms with Gasteiger partial charge in [-0.2, -0.15) is 5.10 Å². The summed E-state index contributed by atoms with van der Waals surface area (Å²) in [5.74, 6) is -0.456. The Bertz CT molecular complexity index is 482. The molecule has 0 aliphatic carbocycles. The molecule has 1 aliphatic heterocycles. The Labute approximate surface area is 125 Å². The van der Waals surface area contributed by atoms with Gasteiger partial charge in [-0.25, -0.2) is 9.82 Å². The highest BCUT2D eigenvalue weighted by atomic mass is 19.1. The molecule has 0 spiro atoms. The van der Waals surface area contributed by atoms with E-state index in [4.69, 9.17) is 0 Å². The van der Waals surface area contributed by atoms with Crippen molar-refractivity contribution in [2.45, 2.75) is 32.1 Å². The molecule has 1 fully saturated rings. The third kappa shape index (κ3) is 5.63. The lowest BCUT2D eigenvalue weighted by molar-refractivity contribution is -0.893. The zero-order valence-corrected chi connectivity index (χ0v) is 12.3. The molecular formula is C16H23FN3O+. The lowest BCUT2D eigenvalue weighted by Crippen LogP contribution is -3.13. The third-order valence-electron chi connectivity index (χ3n) is 3.77. The number of rotatable bonds is 4. The molecule has 1 heterocycles. The largest absolute Gasteiger partial charge is 0.327 e. The maximum atomic E-state index is 13.4. The number of benzene rings is 1. The van der Waals surface area contributed by atoms with Crippen LogP contribution in [0.4, 0.5) is 4.39 Å². The first kappa shape index (κ1) is 15.6. The van der Waals surface area contributed by atoms with Crippen LogP contribution < -0.4 is 10.3 Å². The Morgan fingerprint density at radius 3 is 2.57 bits per heavy atom. The molecule has 1 saturated heterocycles. The van der Waals surface area contributed by atoms with Gasteiger partial charge >= 0.3 is 0 Å². The molecule has 1 aromatic carbocycles. The zero-order valence-electron chi connectivity index (χ0n) is 12.3. The summed E-state index contributed by atoms with van der Waals surface area (Å²) in [6, 6.07) is 6.34. The van der Waals surface area contributed by atoms with Crippen molar-refractivity contribution in [2.24, 2.45) is 5.10 Å². The second-order valence-corrected chi connectivity index (χ2v) is 5.51. The Kier molecular flexibility index (Phi) is 6.34. The van der Waals surface area contributed by atoms with Crippen LogP contribution in [0.15, 0.2) is 29.4 Å². The molecular weight excluding hydrogens is 269 g/mol. The minimum absolute atomic E-state index is 0.113. The number of likely N-dealkylation sites (tertiary alicyclic amines) is 1. The third-order valence-corrected chi connectivity index (χ3v) is 3.77. The topological polar surface area (TPSA) is 45.9 Å². The van der Waals surface area contributed by atoms with Crippen LogP contribution in [0.5, 0.6) is 0 Å². The SMILES string of the molecule is O=C(C[NH+]1CCCCCCC1)N/N=C\c1ccccc1F. The summed E-state index contributed by atoms with van der Waals surface area (Å²) in [7, 11) is 0. The van der Waals surface area contributed by atoms with E-state index >= 15 is 0 Å². The van der Waals surface area contributed by atoms with Gasteiger partial charge in [-0.3, -0.25) is 4.79 Å². The molecule has 0 atom stereocenters.